The van der Waals surface area contributed by atoms with Gasteiger partial charge in [0, 0.05) is 47.6 Å². The number of hydrogen-bond acceptors (Lipinski definition) is 6. The molecular formula is C32H34FN7O. The number of nitrogens with one attached hydrogen (secondary N) is 3. The number of amides is 1. The maximum absolute atomic E-state index is 13.2. The molecule has 9 heteroatoms. The fourth-order valence-electron chi connectivity index (χ4n) is 4.76. The second-order valence-electron chi connectivity index (χ2n) is 10.3. The highest BCUT2D eigenvalue weighted by atomic mass is 19.1. The summed E-state index contributed by atoms with van der Waals surface area (Å²) in [7, 11) is 0. The third kappa shape index (κ3) is 6.04. The zero-order valence-electron chi connectivity index (χ0n) is 23.5. The average Bonchev–Trinajstić information content (AvgIpc) is 3.40. The topological polar surface area (TPSA) is 96.2 Å². The number of hydrogen-bond donors (Lipinski definition) is 3. The van der Waals surface area contributed by atoms with E-state index in [-0.39, 0.29) is 0 Å². The van der Waals surface area contributed by atoms with Crippen LogP contribution in [-0.4, -0.2) is 32.0 Å². The Kier molecular flexibility index (Phi) is 8.24. The summed E-state index contributed by atoms with van der Waals surface area (Å²) < 4.78 is 15.1. The van der Waals surface area contributed by atoms with Crippen molar-refractivity contribution >= 4 is 39.6 Å². The third-order valence-corrected chi connectivity index (χ3v) is 6.96. The largest absolute Gasteiger partial charge is 0.370 e. The van der Waals surface area contributed by atoms with Crippen molar-refractivity contribution in [3.05, 3.63) is 90.5 Å². The van der Waals surface area contributed by atoms with Crippen LogP contribution in [0.4, 0.5) is 21.7 Å². The van der Waals surface area contributed by atoms with Crippen molar-refractivity contribution in [2.45, 2.75) is 46.1 Å². The number of carbonyl (C=O) groups is 1. The Morgan fingerprint density at radius 2 is 1.93 bits per heavy atom. The molecule has 0 saturated carbocycles. The SMILES string of the molecule is C=C(F)C(=O)Nc1ccc2c(-c3ccccc3CNc3cc(NCCCC)nc4c(C(C)C)cnn34)nccc2c1. The van der Waals surface area contributed by atoms with Crippen molar-refractivity contribution in [3.8, 4) is 11.3 Å². The maximum Gasteiger partial charge on any atom is 0.283 e. The smallest absolute Gasteiger partial charge is 0.283 e. The average molecular weight is 552 g/mol. The molecule has 0 saturated heterocycles. The van der Waals surface area contributed by atoms with Crippen LogP contribution in [0.5, 0.6) is 0 Å². The Morgan fingerprint density at radius 1 is 1.10 bits per heavy atom. The number of rotatable bonds is 11. The maximum atomic E-state index is 13.2. The number of unbranched alkanes of at least 4 members (excludes halogenated alkanes) is 1. The predicted octanol–water partition coefficient (Wildman–Crippen LogP) is 7.31. The highest BCUT2D eigenvalue weighted by Crippen LogP contribution is 2.32. The van der Waals surface area contributed by atoms with Gasteiger partial charge in [-0.3, -0.25) is 9.78 Å². The van der Waals surface area contributed by atoms with E-state index in [1.54, 1.807) is 18.3 Å². The molecule has 0 bridgehead atoms. The van der Waals surface area contributed by atoms with Gasteiger partial charge in [-0.15, -0.1) is 0 Å². The van der Waals surface area contributed by atoms with Gasteiger partial charge >= 0.3 is 0 Å². The Morgan fingerprint density at radius 3 is 2.71 bits per heavy atom. The molecule has 2 aromatic carbocycles. The lowest BCUT2D eigenvalue weighted by Crippen LogP contribution is -2.11. The van der Waals surface area contributed by atoms with Crippen LogP contribution in [0.15, 0.2) is 79.4 Å². The molecule has 5 aromatic rings. The van der Waals surface area contributed by atoms with Gasteiger partial charge in [0.05, 0.1) is 11.9 Å². The van der Waals surface area contributed by atoms with Crippen molar-refractivity contribution in [1.29, 1.82) is 0 Å². The summed E-state index contributed by atoms with van der Waals surface area (Å²) >= 11 is 0. The number of halogens is 1. The van der Waals surface area contributed by atoms with Gasteiger partial charge in [0.2, 0.25) is 0 Å². The quantitative estimate of drug-likeness (QED) is 0.118. The summed E-state index contributed by atoms with van der Waals surface area (Å²) in [4.78, 5) is 21.3. The molecule has 3 aromatic heterocycles. The second-order valence-corrected chi connectivity index (χ2v) is 10.3. The zero-order chi connectivity index (χ0) is 28.9. The summed E-state index contributed by atoms with van der Waals surface area (Å²) in [6.45, 7) is 10.9. The van der Waals surface area contributed by atoms with Gasteiger partial charge in [-0.1, -0.05) is 64.1 Å². The van der Waals surface area contributed by atoms with Gasteiger partial charge in [0.1, 0.15) is 11.6 Å². The van der Waals surface area contributed by atoms with Gasteiger partial charge in [-0.2, -0.15) is 9.61 Å². The minimum atomic E-state index is -1.03. The Bertz CT molecular complexity index is 1730. The molecule has 0 unspecified atom stereocenters. The fourth-order valence-corrected chi connectivity index (χ4v) is 4.76. The van der Waals surface area contributed by atoms with E-state index < -0.39 is 11.7 Å². The number of pyridine rings is 1. The van der Waals surface area contributed by atoms with E-state index in [1.165, 1.54) is 0 Å². The third-order valence-electron chi connectivity index (χ3n) is 6.96. The summed E-state index contributed by atoms with van der Waals surface area (Å²) in [5.74, 6) is 0.0616. The summed E-state index contributed by atoms with van der Waals surface area (Å²) in [6.07, 6.45) is 5.80. The molecule has 0 fully saturated rings. The van der Waals surface area contributed by atoms with Crippen molar-refractivity contribution < 1.29 is 9.18 Å². The van der Waals surface area contributed by atoms with Crippen LogP contribution in [0.25, 0.3) is 27.7 Å². The van der Waals surface area contributed by atoms with E-state index in [0.717, 1.165) is 69.8 Å². The van der Waals surface area contributed by atoms with Crippen LogP contribution in [0.2, 0.25) is 0 Å². The molecule has 0 aliphatic carbocycles. The minimum Gasteiger partial charge on any atom is -0.370 e. The first-order chi connectivity index (χ1) is 19.9. The van der Waals surface area contributed by atoms with Gasteiger partial charge in [0.15, 0.2) is 11.5 Å². The highest BCUT2D eigenvalue weighted by molar-refractivity contribution is 6.04. The number of fused-ring (bicyclic) bond motifs is 2. The van der Waals surface area contributed by atoms with Crippen LogP contribution in [0, 0.1) is 0 Å². The zero-order valence-corrected chi connectivity index (χ0v) is 23.5. The van der Waals surface area contributed by atoms with Crippen molar-refractivity contribution in [2.24, 2.45) is 0 Å². The number of carbonyl (C=O) groups excluding carboxylic acids is 1. The molecule has 1 amide bonds. The van der Waals surface area contributed by atoms with Gasteiger partial charge in [-0.05, 0) is 41.5 Å². The molecule has 0 atom stereocenters. The first kappa shape index (κ1) is 27.8. The van der Waals surface area contributed by atoms with Gasteiger partial charge < -0.3 is 16.0 Å². The lowest BCUT2D eigenvalue weighted by Gasteiger charge is -2.15. The van der Waals surface area contributed by atoms with Crippen LogP contribution in [-0.2, 0) is 11.3 Å². The van der Waals surface area contributed by atoms with Crippen molar-refractivity contribution in [3.63, 3.8) is 0 Å². The lowest BCUT2D eigenvalue weighted by molar-refractivity contribution is -0.114. The van der Waals surface area contributed by atoms with E-state index in [4.69, 9.17) is 9.97 Å². The molecule has 41 heavy (non-hydrogen) atoms. The first-order valence-electron chi connectivity index (χ1n) is 13.8. The fraction of sp³-hybridized carbons (Fsp3) is 0.250. The summed E-state index contributed by atoms with van der Waals surface area (Å²) in [5, 5.41) is 16.0. The Hall–Kier alpha value is -4.79. The number of benzene rings is 2. The molecule has 3 N–H and O–H groups in total. The molecule has 3 heterocycles. The van der Waals surface area contributed by atoms with Crippen molar-refractivity contribution in [1.82, 2.24) is 19.6 Å². The van der Waals surface area contributed by atoms with Crippen LogP contribution >= 0.6 is 0 Å². The molecule has 0 radical (unpaired) electrons. The Balaban J connectivity index is 1.47. The Labute approximate surface area is 238 Å². The van der Waals surface area contributed by atoms with E-state index in [0.29, 0.717) is 18.2 Å². The molecule has 8 nitrogen and oxygen atoms in total. The van der Waals surface area contributed by atoms with Crippen LogP contribution in [0.3, 0.4) is 0 Å². The number of nitrogens with zero attached hydrogens (tertiary/aromatic N) is 4. The summed E-state index contributed by atoms with van der Waals surface area (Å²) in [6, 6.07) is 17.4. The van der Waals surface area contributed by atoms with Crippen LogP contribution in [0.1, 0.15) is 50.7 Å². The van der Waals surface area contributed by atoms with E-state index >= 15 is 0 Å². The molecule has 0 spiro atoms. The van der Waals surface area contributed by atoms with Crippen LogP contribution < -0.4 is 16.0 Å². The minimum absolute atomic E-state index is 0.293. The normalized spacial score (nSPS) is 11.2. The van der Waals surface area contributed by atoms with E-state index in [2.05, 4.69) is 54.5 Å². The standard InChI is InChI=1S/C32H34FN7O/c1-5-6-14-34-28-17-29(40-31(39-28)27(19-37-40)20(2)3)36-18-23-9-7-8-10-25(23)30-26-12-11-24(38-32(41)21(4)33)16-22(26)13-15-35-30/h7-13,15-17,19-20,36H,4-6,14,18H2,1-3H3,(H,34,39)(H,38,41). The second kappa shape index (κ2) is 12.2. The molecular weight excluding hydrogens is 517 g/mol. The molecule has 0 aliphatic rings. The summed E-state index contributed by atoms with van der Waals surface area (Å²) in [5.41, 5.74) is 5.27. The lowest BCUT2D eigenvalue weighted by atomic mass is 9.99. The number of anilines is 3. The van der Waals surface area contributed by atoms with E-state index in [1.807, 2.05) is 47.1 Å². The monoisotopic (exact) mass is 551 g/mol. The van der Waals surface area contributed by atoms with E-state index in [9.17, 15) is 9.18 Å². The molecule has 210 valence electrons. The molecule has 5 rings (SSSR count). The van der Waals surface area contributed by atoms with Gasteiger partial charge in [0.25, 0.3) is 5.91 Å². The molecule has 0 aliphatic heterocycles. The first-order valence-corrected chi connectivity index (χ1v) is 13.8. The predicted molar refractivity (Wildman–Crippen MR) is 164 cm³/mol. The van der Waals surface area contributed by atoms with Gasteiger partial charge in [-0.25, -0.2) is 9.37 Å². The number of aromatic nitrogens is 4. The van der Waals surface area contributed by atoms with Crippen molar-refractivity contribution in [2.75, 3.05) is 22.5 Å². The highest BCUT2D eigenvalue weighted by Gasteiger charge is 2.16.